The predicted octanol–water partition coefficient (Wildman–Crippen LogP) is -0.471. The highest BCUT2D eigenvalue weighted by atomic mass is 16.4. The molecule has 0 atom stereocenters. The van der Waals surface area contributed by atoms with Gasteiger partial charge in [-0.05, 0) is 20.9 Å². The lowest BCUT2D eigenvalue weighted by molar-refractivity contribution is -0.137. The largest absolute Gasteiger partial charge is 0.480 e. The molecule has 0 radical (unpaired) electrons. The maximum Gasteiger partial charge on any atom is 0.325 e. The molecule has 1 aromatic heterocycles. The molecule has 0 saturated carbocycles. The zero-order valence-electron chi connectivity index (χ0n) is 11.9. The quantitative estimate of drug-likeness (QED) is 0.805. The van der Waals surface area contributed by atoms with Crippen molar-refractivity contribution in [3.63, 3.8) is 0 Å². The predicted molar refractivity (Wildman–Crippen MR) is 70.3 cm³/mol. The molecule has 20 heavy (non-hydrogen) atoms. The van der Waals surface area contributed by atoms with Crippen molar-refractivity contribution in [1.82, 2.24) is 24.8 Å². The van der Waals surface area contributed by atoms with Crippen LogP contribution >= 0.6 is 0 Å². The number of carboxylic acids is 1. The number of amides is 1. The van der Waals surface area contributed by atoms with Gasteiger partial charge in [-0.3, -0.25) is 14.5 Å². The van der Waals surface area contributed by atoms with Crippen molar-refractivity contribution >= 4 is 11.9 Å². The number of hydrogen-bond acceptors (Lipinski definition) is 5. The zero-order chi connectivity index (χ0) is 14.9. The lowest BCUT2D eigenvalue weighted by Gasteiger charge is -2.45. The fourth-order valence-corrected chi connectivity index (χ4v) is 2.19. The summed E-state index contributed by atoms with van der Waals surface area (Å²) < 4.78 is 1.15. The summed E-state index contributed by atoms with van der Waals surface area (Å²) in [6.07, 6.45) is 1.38. The first kappa shape index (κ1) is 14.4. The second-order valence-corrected chi connectivity index (χ2v) is 5.66. The molecular formula is C12H19N5O3. The van der Waals surface area contributed by atoms with E-state index in [4.69, 9.17) is 5.11 Å². The van der Waals surface area contributed by atoms with Crippen LogP contribution in [0, 0.1) is 0 Å². The van der Waals surface area contributed by atoms with Crippen LogP contribution in [0.15, 0.2) is 6.20 Å². The van der Waals surface area contributed by atoms with Gasteiger partial charge in [-0.15, -0.1) is 5.10 Å². The van der Waals surface area contributed by atoms with Crippen molar-refractivity contribution in [2.75, 3.05) is 26.7 Å². The van der Waals surface area contributed by atoms with Gasteiger partial charge >= 0.3 is 5.97 Å². The Morgan fingerprint density at radius 2 is 2.10 bits per heavy atom. The van der Waals surface area contributed by atoms with Gasteiger partial charge in [0, 0.05) is 25.2 Å². The third-order valence-corrected chi connectivity index (χ3v) is 3.66. The molecule has 1 N–H and O–H groups in total. The smallest absolute Gasteiger partial charge is 0.325 e. The lowest BCUT2D eigenvalue weighted by atomic mass is 9.99. The molecule has 0 unspecified atom stereocenters. The van der Waals surface area contributed by atoms with E-state index >= 15 is 0 Å². The Morgan fingerprint density at radius 1 is 1.40 bits per heavy atom. The molecular weight excluding hydrogens is 262 g/mol. The number of rotatable bonds is 3. The number of carbonyl (C=O) groups excluding carboxylic acids is 1. The van der Waals surface area contributed by atoms with Crippen molar-refractivity contribution in [1.29, 1.82) is 0 Å². The number of aromatic nitrogens is 3. The molecule has 0 bridgehead atoms. The molecule has 1 fully saturated rings. The molecule has 2 heterocycles. The highest BCUT2D eigenvalue weighted by molar-refractivity contribution is 5.92. The topological polar surface area (TPSA) is 91.6 Å². The second-order valence-electron chi connectivity index (χ2n) is 5.66. The van der Waals surface area contributed by atoms with E-state index in [1.807, 2.05) is 7.05 Å². The van der Waals surface area contributed by atoms with Gasteiger partial charge in [-0.2, -0.15) is 0 Å². The fourth-order valence-electron chi connectivity index (χ4n) is 2.19. The molecule has 2 rings (SSSR count). The summed E-state index contributed by atoms with van der Waals surface area (Å²) in [5, 5.41) is 16.1. The molecule has 8 heteroatoms. The fraction of sp³-hybridized carbons (Fsp3) is 0.667. The van der Waals surface area contributed by atoms with Crippen LogP contribution in [0.5, 0.6) is 0 Å². The number of hydrogen-bond donors (Lipinski definition) is 1. The first-order chi connectivity index (χ1) is 9.29. The molecule has 1 aromatic rings. The number of aliphatic carboxylic acids is 1. The molecule has 1 aliphatic rings. The Kier molecular flexibility index (Phi) is 3.76. The van der Waals surface area contributed by atoms with Crippen LogP contribution in [0.25, 0.3) is 0 Å². The standard InChI is InChI=1S/C12H19N5O3/c1-12(2)8-16(5-4-15(12)3)11(20)9-6-17(14-13-9)7-10(18)19/h6H,4-5,7-8H2,1-3H3,(H,18,19). The average Bonchev–Trinajstić information content (AvgIpc) is 2.79. The minimum atomic E-state index is -1.02. The average molecular weight is 281 g/mol. The summed E-state index contributed by atoms with van der Waals surface area (Å²) in [7, 11) is 2.03. The summed E-state index contributed by atoms with van der Waals surface area (Å²) in [5.74, 6) is -1.22. The minimum absolute atomic E-state index is 0.0923. The van der Waals surface area contributed by atoms with Crippen LogP contribution in [-0.2, 0) is 11.3 Å². The van der Waals surface area contributed by atoms with Gasteiger partial charge in [0.25, 0.3) is 5.91 Å². The van der Waals surface area contributed by atoms with Crippen LogP contribution in [0.1, 0.15) is 24.3 Å². The number of carboxylic acid groups (broad SMARTS) is 1. The van der Waals surface area contributed by atoms with Crippen molar-refractivity contribution in [3.8, 4) is 0 Å². The van der Waals surface area contributed by atoms with Crippen LogP contribution < -0.4 is 0 Å². The Morgan fingerprint density at radius 3 is 2.70 bits per heavy atom. The van der Waals surface area contributed by atoms with E-state index in [0.717, 1.165) is 11.2 Å². The van der Waals surface area contributed by atoms with E-state index in [2.05, 4.69) is 29.1 Å². The minimum Gasteiger partial charge on any atom is -0.480 e. The van der Waals surface area contributed by atoms with Gasteiger partial charge in [-0.1, -0.05) is 5.21 Å². The third-order valence-electron chi connectivity index (χ3n) is 3.66. The van der Waals surface area contributed by atoms with Crippen molar-refractivity contribution in [2.24, 2.45) is 0 Å². The van der Waals surface area contributed by atoms with Crippen molar-refractivity contribution < 1.29 is 14.7 Å². The number of carbonyl (C=O) groups is 2. The SMILES string of the molecule is CN1CCN(C(=O)c2cn(CC(=O)O)nn2)CC1(C)C. The third kappa shape index (κ3) is 2.96. The molecule has 1 saturated heterocycles. The van der Waals surface area contributed by atoms with E-state index < -0.39 is 5.97 Å². The van der Waals surface area contributed by atoms with Crippen molar-refractivity contribution in [3.05, 3.63) is 11.9 Å². The van der Waals surface area contributed by atoms with E-state index in [0.29, 0.717) is 13.1 Å². The van der Waals surface area contributed by atoms with Gasteiger partial charge in [0.05, 0.1) is 6.20 Å². The molecule has 1 amide bonds. The van der Waals surface area contributed by atoms with Crippen LogP contribution in [0.4, 0.5) is 0 Å². The van der Waals surface area contributed by atoms with Crippen LogP contribution in [0.3, 0.4) is 0 Å². The van der Waals surface area contributed by atoms with Crippen molar-refractivity contribution in [2.45, 2.75) is 25.9 Å². The van der Waals surface area contributed by atoms with Gasteiger partial charge in [-0.25, -0.2) is 4.68 Å². The molecule has 8 nitrogen and oxygen atoms in total. The summed E-state index contributed by atoms with van der Waals surface area (Å²) in [6.45, 7) is 5.89. The molecule has 1 aliphatic heterocycles. The number of nitrogens with zero attached hydrogens (tertiary/aromatic N) is 5. The van der Waals surface area contributed by atoms with Gasteiger partial charge < -0.3 is 10.0 Å². The highest BCUT2D eigenvalue weighted by Gasteiger charge is 2.34. The Hall–Kier alpha value is -1.96. The van der Waals surface area contributed by atoms with Gasteiger partial charge in [0.1, 0.15) is 6.54 Å². The van der Waals surface area contributed by atoms with E-state index in [9.17, 15) is 9.59 Å². The maximum atomic E-state index is 12.3. The molecule has 0 aliphatic carbocycles. The van der Waals surface area contributed by atoms with E-state index in [1.165, 1.54) is 6.20 Å². The van der Waals surface area contributed by atoms with Gasteiger partial charge in [0.15, 0.2) is 5.69 Å². The summed E-state index contributed by atoms with van der Waals surface area (Å²) in [4.78, 5) is 26.9. The monoisotopic (exact) mass is 281 g/mol. The van der Waals surface area contributed by atoms with E-state index in [-0.39, 0.29) is 23.7 Å². The Bertz CT molecular complexity index is 525. The van der Waals surface area contributed by atoms with Crippen LogP contribution in [-0.4, -0.2) is 74.0 Å². The summed E-state index contributed by atoms with van der Waals surface area (Å²) in [5.41, 5.74) is 0.0944. The highest BCUT2D eigenvalue weighted by Crippen LogP contribution is 2.19. The maximum absolute atomic E-state index is 12.3. The molecule has 0 aromatic carbocycles. The Balaban J connectivity index is 2.08. The summed E-state index contributed by atoms with van der Waals surface area (Å²) >= 11 is 0. The summed E-state index contributed by atoms with van der Waals surface area (Å²) in [6, 6.07) is 0. The molecule has 0 spiro atoms. The zero-order valence-corrected chi connectivity index (χ0v) is 11.9. The number of piperazine rings is 1. The normalized spacial score (nSPS) is 19.1. The Labute approximate surface area is 117 Å². The van der Waals surface area contributed by atoms with E-state index in [1.54, 1.807) is 4.90 Å². The van der Waals surface area contributed by atoms with Gasteiger partial charge in [0.2, 0.25) is 0 Å². The van der Waals surface area contributed by atoms with Crippen LogP contribution in [0.2, 0.25) is 0 Å². The second kappa shape index (κ2) is 5.20. The number of likely N-dealkylation sites (N-methyl/N-ethyl adjacent to an activating group) is 1. The lowest BCUT2D eigenvalue weighted by Crippen LogP contribution is -2.58. The molecule has 110 valence electrons. The first-order valence-corrected chi connectivity index (χ1v) is 6.42. The first-order valence-electron chi connectivity index (χ1n) is 6.42.